The van der Waals surface area contributed by atoms with Gasteiger partial charge >= 0.3 is 0 Å². The fraction of sp³-hybridized carbons (Fsp3) is 0.500. The molecule has 0 bridgehead atoms. The van der Waals surface area contributed by atoms with E-state index >= 15 is 0 Å². The highest BCUT2D eigenvalue weighted by atomic mass is 32.2. The first-order valence-corrected chi connectivity index (χ1v) is 6.20. The number of pyridine rings is 1. The minimum absolute atomic E-state index is 0.0388. The van der Waals surface area contributed by atoms with Crippen molar-refractivity contribution in [1.82, 2.24) is 4.57 Å². The fourth-order valence-electron chi connectivity index (χ4n) is 1.57. The summed E-state index contributed by atoms with van der Waals surface area (Å²) in [7, 11) is 0. The third-order valence-corrected chi connectivity index (χ3v) is 3.27. The number of aromatic nitrogens is 1. The lowest BCUT2D eigenvalue weighted by Gasteiger charge is -2.12. The van der Waals surface area contributed by atoms with Crippen molar-refractivity contribution in [3.05, 3.63) is 27.7 Å². The highest BCUT2D eigenvalue weighted by Gasteiger charge is 2.09. The molecule has 4 heteroatoms. The van der Waals surface area contributed by atoms with Gasteiger partial charge in [-0.2, -0.15) is 5.26 Å². The van der Waals surface area contributed by atoms with Crippen LogP contribution in [0.15, 0.2) is 15.8 Å². The van der Waals surface area contributed by atoms with Gasteiger partial charge in [0.2, 0.25) is 0 Å². The van der Waals surface area contributed by atoms with Gasteiger partial charge in [-0.1, -0.05) is 13.3 Å². The van der Waals surface area contributed by atoms with Crippen LogP contribution in [-0.4, -0.2) is 4.57 Å². The molecule has 0 spiro atoms. The zero-order valence-corrected chi connectivity index (χ0v) is 10.7. The number of hydrogen-bond donors (Lipinski definition) is 0. The second-order valence-corrected chi connectivity index (χ2v) is 4.61. The summed E-state index contributed by atoms with van der Waals surface area (Å²) in [5.74, 6) is 0. The van der Waals surface area contributed by atoms with E-state index in [1.807, 2.05) is 19.2 Å². The molecule has 1 aromatic heterocycles. The summed E-state index contributed by atoms with van der Waals surface area (Å²) in [6.07, 6.45) is 2.04. The third kappa shape index (κ3) is 2.67. The predicted molar refractivity (Wildman–Crippen MR) is 66.6 cm³/mol. The molecule has 0 aliphatic rings. The minimum atomic E-state index is -0.0388. The van der Waals surface area contributed by atoms with E-state index in [9.17, 15) is 4.79 Å². The van der Waals surface area contributed by atoms with E-state index in [0.29, 0.717) is 4.90 Å². The molecule has 0 saturated heterocycles. The van der Waals surface area contributed by atoms with Gasteiger partial charge in [-0.05, 0) is 43.7 Å². The summed E-state index contributed by atoms with van der Waals surface area (Å²) in [5, 5.41) is 10.6. The lowest BCUT2D eigenvalue weighted by Crippen LogP contribution is -2.24. The first-order chi connectivity index (χ1) is 7.61. The van der Waals surface area contributed by atoms with Crippen LogP contribution in [0.25, 0.3) is 0 Å². The number of unbranched alkanes of at least 4 members (excludes halogenated alkanes) is 1. The Labute approximate surface area is 100 Å². The molecule has 1 aromatic rings. The van der Waals surface area contributed by atoms with E-state index in [4.69, 9.17) is 5.26 Å². The maximum absolute atomic E-state index is 12.0. The summed E-state index contributed by atoms with van der Waals surface area (Å²) in [6, 6.07) is 1.80. The van der Waals surface area contributed by atoms with Gasteiger partial charge in [-0.15, -0.1) is 0 Å². The molecular formula is C12H16N2OS. The van der Waals surface area contributed by atoms with E-state index in [2.05, 4.69) is 6.92 Å². The van der Waals surface area contributed by atoms with E-state index in [1.165, 1.54) is 0 Å². The van der Waals surface area contributed by atoms with Gasteiger partial charge in [-0.25, -0.2) is 0 Å². The first kappa shape index (κ1) is 12.9. The molecule has 1 rings (SSSR count). The smallest absolute Gasteiger partial charge is 0.265 e. The number of nitrogens with zero attached hydrogens (tertiary/aromatic N) is 2. The monoisotopic (exact) mass is 236 g/mol. The van der Waals surface area contributed by atoms with E-state index < -0.39 is 0 Å². The van der Waals surface area contributed by atoms with Gasteiger partial charge in [0, 0.05) is 12.2 Å². The minimum Gasteiger partial charge on any atom is -0.312 e. The molecule has 1 heterocycles. The third-order valence-electron chi connectivity index (χ3n) is 2.67. The second-order valence-electron chi connectivity index (χ2n) is 3.78. The molecule has 3 nitrogen and oxygen atoms in total. The Kier molecular flexibility index (Phi) is 4.63. The van der Waals surface area contributed by atoms with Crippen molar-refractivity contribution in [1.29, 1.82) is 5.26 Å². The number of nitriles is 1. The molecule has 0 aliphatic carbocycles. The molecule has 0 aromatic carbocycles. The standard InChI is InChI=1S/C12H16N2OS/c1-4-5-6-14-10(3)9(2)7-11(12(14)15)16-8-13/h7H,4-6H2,1-3H3. The average molecular weight is 236 g/mol. The molecule has 0 unspecified atom stereocenters. The molecule has 0 radical (unpaired) electrons. The van der Waals surface area contributed by atoms with Crippen LogP contribution in [0.1, 0.15) is 31.0 Å². The molecule has 0 atom stereocenters. The van der Waals surface area contributed by atoms with Gasteiger partial charge in [0.1, 0.15) is 5.40 Å². The van der Waals surface area contributed by atoms with Gasteiger partial charge in [0.25, 0.3) is 5.56 Å². The molecule has 0 amide bonds. The van der Waals surface area contributed by atoms with Crippen molar-refractivity contribution in [2.45, 2.75) is 45.1 Å². The van der Waals surface area contributed by atoms with Gasteiger partial charge in [0.15, 0.2) is 0 Å². The Bertz CT molecular complexity index is 471. The maximum Gasteiger partial charge on any atom is 0.265 e. The lowest BCUT2D eigenvalue weighted by atomic mass is 10.2. The normalized spacial score (nSPS) is 10.1. The Balaban J connectivity index is 3.24. The number of aryl methyl sites for hydroxylation is 1. The molecule has 0 N–H and O–H groups in total. The molecular weight excluding hydrogens is 220 g/mol. The van der Waals surface area contributed by atoms with Crippen LogP contribution in [0.5, 0.6) is 0 Å². The van der Waals surface area contributed by atoms with Crippen LogP contribution in [0.2, 0.25) is 0 Å². The Hall–Kier alpha value is -1.21. The van der Waals surface area contributed by atoms with Gasteiger partial charge < -0.3 is 4.57 Å². The van der Waals surface area contributed by atoms with Crippen LogP contribution >= 0.6 is 11.8 Å². The molecule has 0 fully saturated rings. The molecule has 0 saturated carbocycles. The summed E-state index contributed by atoms with van der Waals surface area (Å²) in [6.45, 7) is 6.76. The van der Waals surface area contributed by atoms with E-state index in [1.54, 1.807) is 10.6 Å². The first-order valence-electron chi connectivity index (χ1n) is 5.38. The highest BCUT2D eigenvalue weighted by molar-refractivity contribution is 8.03. The predicted octanol–water partition coefficient (Wildman–Crippen LogP) is 2.84. The largest absolute Gasteiger partial charge is 0.312 e. The molecule has 86 valence electrons. The number of hydrogen-bond acceptors (Lipinski definition) is 3. The Morgan fingerprint density at radius 3 is 2.75 bits per heavy atom. The Morgan fingerprint density at radius 2 is 2.19 bits per heavy atom. The SMILES string of the molecule is CCCCn1c(C)c(C)cc(SC#N)c1=O. The van der Waals surface area contributed by atoms with Crippen molar-refractivity contribution >= 4 is 11.8 Å². The maximum atomic E-state index is 12.0. The summed E-state index contributed by atoms with van der Waals surface area (Å²) < 4.78 is 1.78. The van der Waals surface area contributed by atoms with E-state index in [-0.39, 0.29) is 5.56 Å². The van der Waals surface area contributed by atoms with Crippen molar-refractivity contribution in [2.75, 3.05) is 0 Å². The van der Waals surface area contributed by atoms with Crippen molar-refractivity contribution in [2.24, 2.45) is 0 Å². The zero-order chi connectivity index (χ0) is 12.1. The summed E-state index contributed by atoms with van der Waals surface area (Å²) >= 11 is 0.945. The number of rotatable bonds is 4. The van der Waals surface area contributed by atoms with E-state index in [0.717, 1.165) is 42.4 Å². The van der Waals surface area contributed by atoms with Crippen LogP contribution in [-0.2, 0) is 6.54 Å². The van der Waals surface area contributed by atoms with Crippen LogP contribution in [0, 0.1) is 24.5 Å². The molecule has 0 aliphatic heterocycles. The van der Waals surface area contributed by atoms with Crippen LogP contribution in [0.4, 0.5) is 0 Å². The van der Waals surface area contributed by atoms with Crippen LogP contribution in [0.3, 0.4) is 0 Å². The van der Waals surface area contributed by atoms with Crippen molar-refractivity contribution in [3.63, 3.8) is 0 Å². The van der Waals surface area contributed by atoms with Crippen molar-refractivity contribution < 1.29 is 0 Å². The van der Waals surface area contributed by atoms with Gasteiger partial charge in [0.05, 0.1) is 4.90 Å². The average Bonchev–Trinajstić information content (AvgIpc) is 2.26. The quantitative estimate of drug-likeness (QED) is 0.596. The number of thioether (sulfide) groups is 1. The number of thiocyanates is 1. The topological polar surface area (TPSA) is 45.8 Å². The van der Waals surface area contributed by atoms with Gasteiger partial charge in [-0.3, -0.25) is 4.79 Å². The summed E-state index contributed by atoms with van der Waals surface area (Å²) in [4.78, 5) is 12.6. The second kappa shape index (κ2) is 5.76. The summed E-state index contributed by atoms with van der Waals surface area (Å²) in [5.41, 5.74) is 2.03. The molecule has 16 heavy (non-hydrogen) atoms. The zero-order valence-electron chi connectivity index (χ0n) is 9.91. The highest BCUT2D eigenvalue weighted by Crippen LogP contribution is 2.16. The van der Waals surface area contributed by atoms with Crippen molar-refractivity contribution in [3.8, 4) is 5.40 Å². The van der Waals surface area contributed by atoms with Crippen LogP contribution < -0.4 is 5.56 Å². The lowest BCUT2D eigenvalue weighted by molar-refractivity contribution is 0.588. The Morgan fingerprint density at radius 1 is 1.50 bits per heavy atom. The fourth-order valence-corrected chi connectivity index (χ4v) is 2.10.